The monoisotopic (exact) mass is 262 g/mol. The molecule has 0 unspecified atom stereocenters. The molecule has 0 bridgehead atoms. The first-order chi connectivity index (χ1) is 9.16. The molecule has 0 saturated carbocycles. The number of amides is 1. The summed E-state index contributed by atoms with van der Waals surface area (Å²) < 4.78 is 0. The molecule has 4 heteroatoms. The number of benzene rings is 1. The van der Waals surface area contributed by atoms with Gasteiger partial charge in [0.1, 0.15) is 0 Å². The molecule has 1 aromatic rings. The smallest absolute Gasteiger partial charge is 0.407 e. The maximum Gasteiger partial charge on any atom is 0.407 e. The van der Waals surface area contributed by atoms with Crippen LogP contribution in [0.5, 0.6) is 0 Å². The van der Waals surface area contributed by atoms with Gasteiger partial charge in [-0.3, -0.25) is 0 Å². The Hall–Kier alpha value is -1.55. The maximum atomic E-state index is 11.0. The summed E-state index contributed by atoms with van der Waals surface area (Å²) in [5.41, 5.74) is 1.28. The zero-order valence-electron chi connectivity index (χ0n) is 11.4. The lowest BCUT2D eigenvalue weighted by molar-refractivity contribution is 0.146. The predicted molar refractivity (Wildman–Crippen MR) is 75.2 cm³/mol. The van der Waals surface area contributed by atoms with E-state index in [9.17, 15) is 4.79 Å². The molecule has 19 heavy (non-hydrogen) atoms. The molecule has 1 saturated heterocycles. The third kappa shape index (κ3) is 3.96. The van der Waals surface area contributed by atoms with Crippen LogP contribution in [0.4, 0.5) is 4.79 Å². The number of nitrogens with one attached hydrogen (secondary N) is 1. The molecule has 1 aliphatic rings. The van der Waals surface area contributed by atoms with E-state index in [4.69, 9.17) is 5.11 Å². The minimum absolute atomic E-state index is 0.308. The quantitative estimate of drug-likeness (QED) is 0.880. The zero-order valence-corrected chi connectivity index (χ0v) is 11.4. The van der Waals surface area contributed by atoms with Gasteiger partial charge in [-0.05, 0) is 31.7 Å². The fourth-order valence-corrected chi connectivity index (χ4v) is 2.65. The van der Waals surface area contributed by atoms with Crippen molar-refractivity contribution in [1.82, 2.24) is 10.2 Å². The SMILES string of the molecule is C[C@@H](N[C@H]1CCCN(C(=O)O)CC1)c1ccccc1. The zero-order chi connectivity index (χ0) is 13.7. The van der Waals surface area contributed by atoms with E-state index in [0.717, 1.165) is 19.3 Å². The third-order valence-corrected chi connectivity index (χ3v) is 3.78. The van der Waals surface area contributed by atoms with Crippen molar-refractivity contribution in [3.8, 4) is 0 Å². The number of likely N-dealkylation sites (tertiary alicyclic amines) is 1. The van der Waals surface area contributed by atoms with Crippen LogP contribution in [0.15, 0.2) is 30.3 Å². The first kappa shape index (κ1) is 13.9. The summed E-state index contributed by atoms with van der Waals surface area (Å²) in [4.78, 5) is 12.5. The summed E-state index contributed by atoms with van der Waals surface area (Å²) in [6.45, 7) is 3.46. The average Bonchev–Trinajstić information content (AvgIpc) is 2.65. The summed E-state index contributed by atoms with van der Waals surface area (Å²) in [6.07, 6.45) is 2.08. The molecule has 0 spiro atoms. The third-order valence-electron chi connectivity index (χ3n) is 3.78. The minimum atomic E-state index is -0.795. The van der Waals surface area contributed by atoms with E-state index in [1.807, 2.05) is 18.2 Å². The van der Waals surface area contributed by atoms with E-state index in [1.54, 1.807) is 0 Å². The number of nitrogens with zero attached hydrogens (tertiary/aromatic N) is 1. The van der Waals surface area contributed by atoms with Crippen molar-refractivity contribution >= 4 is 6.09 Å². The molecule has 1 heterocycles. The number of carbonyl (C=O) groups is 1. The van der Waals surface area contributed by atoms with Crippen LogP contribution in [0.2, 0.25) is 0 Å². The van der Waals surface area contributed by atoms with E-state index in [2.05, 4.69) is 24.4 Å². The van der Waals surface area contributed by atoms with Crippen molar-refractivity contribution in [3.63, 3.8) is 0 Å². The van der Waals surface area contributed by atoms with Crippen molar-refractivity contribution < 1.29 is 9.90 Å². The predicted octanol–water partition coefficient (Wildman–Crippen LogP) is 2.87. The summed E-state index contributed by atoms with van der Waals surface area (Å²) in [7, 11) is 0. The molecular formula is C15H22N2O2. The van der Waals surface area contributed by atoms with Gasteiger partial charge < -0.3 is 15.3 Å². The van der Waals surface area contributed by atoms with Gasteiger partial charge >= 0.3 is 6.09 Å². The largest absolute Gasteiger partial charge is 0.465 e. The lowest BCUT2D eigenvalue weighted by atomic mass is 10.0. The Morgan fingerprint density at radius 2 is 2.05 bits per heavy atom. The second-order valence-corrected chi connectivity index (χ2v) is 5.20. The van der Waals surface area contributed by atoms with Crippen LogP contribution < -0.4 is 5.32 Å². The normalized spacial score (nSPS) is 21.7. The molecule has 104 valence electrons. The lowest BCUT2D eigenvalue weighted by Crippen LogP contribution is -2.34. The molecule has 1 fully saturated rings. The van der Waals surface area contributed by atoms with E-state index >= 15 is 0 Å². The Morgan fingerprint density at radius 3 is 2.74 bits per heavy atom. The van der Waals surface area contributed by atoms with E-state index in [1.165, 1.54) is 10.5 Å². The van der Waals surface area contributed by atoms with Crippen LogP contribution in [-0.2, 0) is 0 Å². The van der Waals surface area contributed by atoms with Gasteiger partial charge in [0.05, 0.1) is 0 Å². The highest BCUT2D eigenvalue weighted by molar-refractivity contribution is 5.64. The lowest BCUT2D eigenvalue weighted by Gasteiger charge is -2.22. The maximum absolute atomic E-state index is 11.0. The second-order valence-electron chi connectivity index (χ2n) is 5.20. The van der Waals surface area contributed by atoms with Gasteiger partial charge in [-0.1, -0.05) is 30.3 Å². The molecule has 1 aliphatic heterocycles. The molecule has 2 N–H and O–H groups in total. The Labute approximate surface area is 114 Å². The molecule has 0 aliphatic carbocycles. The Morgan fingerprint density at radius 1 is 1.32 bits per heavy atom. The molecule has 4 nitrogen and oxygen atoms in total. The average molecular weight is 262 g/mol. The number of rotatable bonds is 3. The van der Waals surface area contributed by atoms with Crippen LogP contribution in [0.25, 0.3) is 0 Å². The van der Waals surface area contributed by atoms with Gasteiger partial charge in [-0.2, -0.15) is 0 Å². The van der Waals surface area contributed by atoms with Crippen molar-refractivity contribution in [2.45, 2.75) is 38.3 Å². The van der Waals surface area contributed by atoms with Gasteiger partial charge in [-0.25, -0.2) is 4.79 Å². The fraction of sp³-hybridized carbons (Fsp3) is 0.533. The fourth-order valence-electron chi connectivity index (χ4n) is 2.65. The molecule has 2 atom stereocenters. The van der Waals surface area contributed by atoms with Crippen LogP contribution in [-0.4, -0.2) is 35.2 Å². The van der Waals surface area contributed by atoms with Crippen LogP contribution in [0.3, 0.4) is 0 Å². The molecule has 0 aromatic heterocycles. The Balaban J connectivity index is 1.88. The minimum Gasteiger partial charge on any atom is -0.465 e. The van der Waals surface area contributed by atoms with Crippen molar-refractivity contribution in [2.24, 2.45) is 0 Å². The summed E-state index contributed by atoms with van der Waals surface area (Å²) in [6, 6.07) is 11.1. The van der Waals surface area contributed by atoms with E-state index in [0.29, 0.717) is 25.2 Å². The Bertz CT molecular complexity index is 408. The molecular weight excluding hydrogens is 240 g/mol. The first-order valence-corrected chi connectivity index (χ1v) is 6.95. The van der Waals surface area contributed by atoms with Gasteiger partial charge in [-0.15, -0.1) is 0 Å². The van der Waals surface area contributed by atoms with E-state index < -0.39 is 6.09 Å². The molecule has 1 aromatic carbocycles. The van der Waals surface area contributed by atoms with Crippen LogP contribution >= 0.6 is 0 Å². The molecule has 1 amide bonds. The molecule has 0 radical (unpaired) electrons. The number of carboxylic acid groups (broad SMARTS) is 1. The van der Waals surface area contributed by atoms with Gasteiger partial charge in [0, 0.05) is 25.2 Å². The first-order valence-electron chi connectivity index (χ1n) is 6.95. The second kappa shape index (κ2) is 6.57. The van der Waals surface area contributed by atoms with Gasteiger partial charge in [0.2, 0.25) is 0 Å². The van der Waals surface area contributed by atoms with Gasteiger partial charge in [0.25, 0.3) is 0 Å². The highest BCUT2D eigenvalue weighted by Crippen LogP contribution is 2.17. The standard InChI is InChI=1S/C15H22N2O2/c1-12(13-6-3-2-4-7-13)16-14-8-5-10-17(11-9-14)15(18)19/h2-4,6-7,12,14,16H,5,8-11H2,1H3,(H,18,19)/t12-,14+/m1/s1. The van der Waals surface area contributed by atoms with E-state index in [-0.39, 0.29) is 0 Å². The van der Waals surface area contributed by atoms with Crippen molar-refractivity contribution in [3.05, 3.63) is 35.9 Å². The topological polar surface area (TPSA) is 52.6 Å². The summed E-state index contributed by atoms with van der Waals surface area (Å²) in [5.74, 6) is 0. The highest BCUT2D eigenvalue weighted by atomic mass is 16.4. The molecule has 2 rings (SSSR count). The van der Waals surface area contributed by atoms with Crippen molar-refractivity contribution in [1.29, 1.82) is 0 Å². The summed E-state index contributed by atoms with van der Waals surface area (Å²) >= 11 is 0. The van der Waals surface area contributed by atoms with Crippen LogP contribution in [0.1, 0.15) is 37.8 Å². The number of hydrogen-bond acceptors (Lipinski definition) is 2. The summed E-state index contributed by atoms with van der Waals surface area (Å²) in [5, 5.41) is 12.6. The highest BCUT2D eigenvalue weighted by Gasteiger charge is 2.21. The number of hydrogen-bond donors (Lipinski definition) is 2. The van der Waals surface area contributed by atoms with Gasteiger partial charge in [0.15, 0.2) is 0 Å². The Kier molecular flexibility index (Phi) is 4.80. The van der Waals surface area contributed by atoms with Crippen LogP contribution in [0, 0.1) is 0 Å². The van der Waals surface area contributed by atoms with Crippen molar-refractivity contribution in [2.75, 3.05) is 13.1 Å².